The highest BCUT2D eigenvalue weighted by atomic mass is 14.9. The first-order valence-electron chi connectivity index (χ1n) is 5.86. The number of aromatic nitrogens is 2. The molecule has 1 heterocycles. The average molecular weight is 214 g/mol. The fourth-order valence-electron chi connectivity index (χ4n) is 1.80. The van der Waals surface area contributed by atoms with Crippen LogP contribution >= 0.6 is 0 Å². The van der Waals surface area contributed by atoms with E-state index in [4.69, 9.17) is 0 Å². The van der Waals surface area contributed by atoms with Crippen LogP contribution in [0, 0.1) is 6.92 Å². The molecule has 1 N–H and O–H groups in total. The predicted octanol–water partition coefficient (Wildman–Crippen LogP) is 3.07. The van der Waals surface area contributed by atoms with Gasteiger partial charge in [-0.3, -0.25) is 0 Å². The molecule has 0 saturated carbocycles. The van der Waals surface area contributed by atoms with Gasteiger partial charge in [0.25, 0.3) is 0 Å². The smallest absolute Gasteiger partial charge is 0.106 e. The fraction of sp³-hybridized carbons (Fsp3) is 0.357. The van der Waals surface area contributed by atoms with Crippen molar-refractivity contribution >= 4 is 0 Å². The number of imidazole rings is 1. The highest BCUT2D eigenvalue weighted by molar-refractivity contribution is 5.23. The molecule has 1 aromatic carbocycles. The normalized spacial score (nSPS) is 10.6. The molecule has 0 unspecified atom stereocenters. The maximum absolute atomic E-state index is 4.31. The number of hydrogen-bond donors (Lipinski definition) is 1. The lowest BCUT2D eigenvalue weighted by molar-refractivity contribution is 0.880. The molecule has 0 amide bonds. The quantitative estimate of drug-likeness (QED) is 0.832. The van der Waals surface area contributed by atoms with Gasteiger partial charge in [0.1, 0.15) is 5.82 Å². The molecule has 1 aromatic heterocycles. The van der Waals surface area contributed by atoms with E-state index in [0.29, 0.717) is 0 Å². The van der Waals surface area contributed by atoms with Gasteiger partial charge in [-0.15, -0.1) is 0 Å². The van der Waals surface area contributed by atoms with Crippen molar-refractivity contribution in [2.75, 3.05) is 0 Å². The third kappa shape index (κ3) is 2.72. The zero-order valence-corrected chi connectivity index (χ0v) is 9.96. The summed E-state index contributed by atoms with van der Waals surface area (Å²) in [5, 5.41) is 0. The van der Waals surface area contributed by atoms with E-state index in [9.17, 15) is 0 Å². The number of hydrogen-bond acceptors (Lipinski definition) is 1. The maximum Gasteiger partial charge on any atom is 0.106 e. The lowest BCUT2D eigenvalue weighted by Crippen LogP contribution is -1.94. The zero-order chi connectivity index (χ0) is 11.4. The van der Waals surface area contributed by atoms with Crippen LogP contribution in [0.3, 0.4) is 0 Å². The molecule has 0 saturated heterocycles. The first-order chi connectivity index (χ1) is 7.78. The number of rotatable bonds is 4. The van der Waals surface area contributed by atoms with Crippen LogP contribution < -0.4 is 0 Å². The monoisotopic (exact) mass is 214 g/mol. The van der Waals surface area contributed by atoms with Crippen LogP contribution in [0.1, 0.15) is 29.6 Å². The second-order valence-electron chi connectivity index (χ2n) is 4.18. The van der Waals surface area contributed by atoms with Crippen molar-refractivity contribution in [3.05, 3.63) is 53.1 Å². The van der Waals surface area contributed by atoms with Crippen molar-refractivity contribution in [2.24, 2.45) is 0 Å². The summed E-state index contributed by atoms with van der Waals surface area (Å²) in [5.41, 5.74) is 3.92. The molecule has 0 spiro atoms. The minimum absolute atomic E-state index is 0.985. The van der Waals surface area contributed by atoms with Gasteiger partial charge in [-0.05, 0) is 30.9 Å². The molecule has 0 aliphatic carbocycles. The van der Waals surface area contributed by atoms with E-state index < -0.39 is 0 Å². The molecule has 0 aliphatic heterocycles. The largest absolute Gasteiger partial charge is 0.346 e. The maximum atomic E-state index is 4.31. The molecule has 2 nitrogen and oxygen atoms in total. The van der Waals surface area contributed by atoms with Crippen LogP contribution in [0.25, 0.3) is 0 Å². The number of nitrogens with one attached hydrogen (secondary N) is 1. The molecule has 0 fully saturated rings. The van der Waals surface area contributed by atoms with Crippen LogP contribution in [-0.4, -0.2) is 9.97 Å². The Kier molecular flexibility index (Phi) is 3.40. The van der Waals surface area contributed by atoms with E-state index in [0.717, 1.165) is 30.8 Å². The fourth-order valence-corrected chi connectivity index (χ4v) is 1.80. The molecule has 0 aliphatic rings. The average Bonchev–Trinajstić information content (AvgIpc) is 2.73. The molecule has 0 radical (unpaired) electrons. The summed E-state index contributed by atoms with van der Waals surface area (Å²) < 4.78 is 0. The molecule has 84 valence electrons. The van der Waals surface area contributed by atoms with Crippen molar-refractivity contribution in [2.45, 2.75) is 33.1 Å². The first-order valence-corrected chi connectivity index (χ1v) is 5.86. The van der Waals surface area contributed by atoms with Crippen LogP contribution in [0.5, 0.6) is 0 Å². The summed E-state index contributed by atoms with van der Waals surface area (Å²) in [6.45, 7) is 4.22. The molecular weight excluding hydrogens is 196 g/mol. The van der Waals surface area contributed by atoms with Crippen LogP contribution in [0.15, 0.2) is 30.5 Å². The van der Waals surface area contributed by atoms with Gasteiger partial charge in [-0.1, -0.05) is 31.2 Å². The van der Waals surface area contributed by atoms with Crippen molar-refractivity contribution in [3.8, 4) is 0 Å². The van der Waals surface area contributed by atoms with E-state index in [2.05, 4.69) is 41.2 Å². The number of aromatic amines is 1. The Morgan fingerprint density at radius 3 is 2.31 bits per heavy atom. The summed E-state index contributed by atoms with van der Waals surface area (Å²) in [6, 6.07) is 8.86. The number of benzene rings is 1. The van der Waals surface area contributed by atoms with Gasteiger partial charge < -0.3 is 4.98 Å². The standard InChI is InChI=1S/C14H18N2/c1-3-12-4-6-13(7-5-12)8-9-14-15-10-11(2)16-14/h4-7,10H,3,8-9H2,1-2H3,(H,15,16). The van der Waals surface area contributed by atoms with Gasteiger partial charge in [0.2, 0.25) is 0 Å². The van der Waals surface area contributed by atoms with Gasteiger partial charge in [-0.25, -0.2) is 4.98 Å². The summed E-state index contributed by atoms with van der Waals surface area (Å²) in [5.74, 6) is 1.08. The second kappa shape index (κ2) is 4.97. The molecule has 16 heavy (non-hydrogen) atoms. The summed E-state index contributed by atoms with van der Waals surface area (Å²) in [6.07, 6.45) is 5.03. The number of H-pyrrole nitrogens is 1. The molecule has 0 bridgehead atoms. The summed E-state index contributed by atoms with van der Waals surface area (Å²) in [7, 11) is 0. The minimum atomic E-state index is 0.985. The third-order valence-electron chi connectivity index (χ3n) is 2.84. The lowest BCUT2D eigenvalue weighted by atomic mass is 10.1. The first kappa shape index (κ1) is 10.9. The lowest BCUT2D eigenvalue weighted by Gasteiger charge is -2.01. The highest BCUT2D eigenvalue weighted by Crippen LogP contribution is 2.08. The van der Waals surface area contributed by atoms with Crippen LogP contribution in [0.4, 0.5) is 0 Å². The van der Waals surface area contributed by atoms with Gasteiger partial charge >= 0.3 is 0 Å². The topological polar surface area (TPSA) is 28.7 Å². The Morgan fingerprint density at radius 2 is 1.75 bits per heavy atom. The van der Waals surface area contributed by atoms with Gasteiger partial charge in [0.05, 0.1) is 0 Å². The second-order valence-corrected chi connectivity index (χ2v) is 4.18. The third-order valence-corrected chi connectivity index (χ3v) is 2.84. The van der Waals surface area contributed by atoms with Crippen molar-refractivity contribution in [1.82, 2.24) is 9.97 Å². The molecule has 0 atom stereocenters. The van der Waals surface area contributed by atoms with E-state index in [1.54, 1.807) is 0 Å². The van der Waals surface area contributed by atoms with E-state index in [-0.39, 0.29) is 0 Å². The van der Waals surface area contributed by atoms with Crippen molar-refractivity contribution in [3.63, 3.8) is 0 Å². The Hall–Kier alpha value is -1.57. The summed E-state index contributed by atoms with van der Waals surface area (Å²) >= 11 is 0. The van der Waals surface area contributed by atoms with Gasteiger partial charge in [-0.2, -0.15) is 0 Å². The highest BCUT2D eigenvalue weighted by Gasteiger charge is 1.99. The zero-order valence-electron chi connectivity index (χ0n) is 9.96. The van der Waals surface area contributed by atoms with Crippen LogP contribution in [-0.2, 0) is 19.3 Å². The molecular formula is C14H18N2. The minimum Gasteiger partial charge on any atom is -0.346 e. The Balaban J connectivity index is 1.94. The Morgan fingerprint density at radius 1 is 1.06 bits per heavy atom. The molecule has 2 rings (SSSR count). The van der Waals surface area contributed by atoms with Gasteiger partial charge in [0, 0.05) is 18.3 Å². The van der Waals surface area contributed by atoms with E-state index in [1.807, 2.05) is 13.1 Å². The van der Waals surface area contributed by atoms with E-state index >= 15 is 0 Å². The number of nitrogens with zero attached hydrogens (tertiary/aromatic N) is 1. The molecule has 2 aromatic rings. The Labute approximate surface area is 96.7 Å². The summed E-state index contributed by atoms with van der Waals surface area (Å²) in [4.78, 5) is 7.57. The van der Waals surface area contributed by atoms with Gasteiger partial charge in [0.15, 0.2) is 0 Å². The van der Waals surface area contributed by atoms with Crippen molar-refractivity contribution in [1.29, 1.82) is 0 Å². The Bertz CT molecular complexity index is 440. The SMILES string of the molecule is CCc1ccc(CCc2ncc(C)[nH]2)cc1. The molecule has 2 heteroatoms. The predicted molar refractivity (Wildman–Crippen MR) is 66.6 cm³/mol. The van der Waals surface area contributed by atoms with E-state index in [1.165, 1.54) is 11.1 Å². The number of aryl methyl sites for hydroxylation is 4. The van der Waals surface area contributed by atoms with Crippen LogP contribution in [0.2, 0.25) is 0 Å². The van der Waals surface area contributed by atoms with Crippen molar-refractivity contribution < 1.29 is 0 Å².